The van der Waals surface area contributed by atoms with Crippen molar-refractivity contribution in [1.82, 2.24) is 19.7 Å². The number of hydrogen-bond donors (Lipinski definition) is 1. The molecule has 3 aromatic rings. The average molecular weight is 349 g/mol. The van der Waals surface area contributed by atoms with Gasteiger partial charge in [-0.15, -0.1) is 0 Å². The summed E-state index contributed by atoms with van der Waals surface area (Å²) in [4.78, 5) is 21.5. The van der Waals surface area contributed by atoms with Gasteiger partial charge in [0, 0.05) is 24.1 Å². The molecule has 5 rings (SSSR count). The van der Waals surface area contributed by atoms with Crippen molar-refractivity contribution in [2.45, 2.75) is 30.6 Å². The van der Waals surface area contributed by atoms with E-state index in [1.54, 1.807) is 10.9 Å². The van der Waals surface area contributed by atoms with Crippen molar-refractivity contribution in [3.63, 3.8) is 0 Å². The topological polar surface area (TPSA) is 95.9 Å². The zero-order valence-corrected chi connectivity index (χ0v) is 14.3. The largest absolute Gasteiger partial charge is 0.381 e. The maximum absolute atomic E-state index is 12.2. The van der Waals surface area contributed by atoms with Crippen LogP contribution in [0.1, 0.15) is 36.8 Å². The first-order chi connectivity index (χ1) is 12.7. The van der Waals surface area contributed by atoms with E-state index in [0.29, 0.717) is 31.9 Å². The Balaban J connectivity index is 1.73. The highest BCUT2D eigenvalue weighted by atomic mass is 16.5. The summed E-state index contributed by atoms with van der Waals surface area (Å²) < 4.78 is 7.27. The number of nitrogens with zero attached hydrogens (tertiary/aromatic N) is 4. The normalized spacial score (nSPS) is 21.2. The molecule has 2 aromatic heterocycles. The van der Waals surface area contributed by atoms with Crippen LogP contribution in [0.4, 0.5) is 0 Å². The molecule has 0 radical (unpaired) electrons. The maximum Gasteiger partial charge on any atom is 0.231 e. The highest BCUT2D eigenvalue weighted by Gasteiger charge is 2.54. The fraction of sp³-hybridized carbons (Fsp3) is 0.368. The predicted octanol–water partition coefficient (Wildman–Crippen LogP) is 1.84. The third-order valence-electron chi connectivity index (χ3n) is 5.41. The lowest BCUT2D eigenvalue weighted by molar-refractivity contribution is -0.120. The van der Waals surface area contributed by atoms with Gasteiger partial charge in [0.05, 0.1) is 17.8 Å². The SMILES string of the molecule is NC(=O)C1(c2nc([C@@H]3CCOC3)nn2-c2cccc3cccnc23)CC1. The molecule has 2 aliphatic rings. The van der Waals surface area contributed by atoms with Gasteiger partial charge in [0.2, 0.25) is 5.91 Å². The monoisotopic (exact) mass is 349 g/mol. The van der Waals surface area contributed by atoms with Gasteiger partial charge in [-0.1, -0.05) is 18.2 Å². The second-order valence-corrected chi connectivity index (χ2v) is 7.06. The van der Waals surface area contributed by atoms with Gasteiger partial charge in [0.25, 0.3) is 0 Å². The molecule has 1 atom stereocenters. The minimum atomic E-state index is -0.721. The summed E-state index contributed by atoms with van der Waals surface area (Å²) in [7, 11) is 0. The number of nitrogens with two attached hydrogens (primary N) is 1. The van der Waals surface area contributed by atoms with Crippen LogP contribution in [-0.2, 0) is 14.9 Å². The van der Waals surface area contributed by atoms with Crippen molar-refractivity contribution >= 4 is 16.8 Å². The first-order valence-electron chi connectivity index (χ1n) is 8.88. The Bertz CT molecular complexity index is 997. The lowest BCUT2D eigenvalue weighted by Gasteiger charge is -2.13. The standard InChI is InChI=1S/C19H19N5O2/c20-17(25)19(7-8-19)18-22-16(13-6-10-26-11-13)23-24(18)14-5-1-3-12-4-2-9-21-15(12)14/h1-5,9,13H,6-8,10-11H2,(H2,20,25)/t13-/m1/s1. The van der Waals surface area contributed by atoms with Crippen LogP contribution in [0.5, 0.6) is 0 Å². The lowest BCUT2D eigenvalue weighted by atomic mass is 10.1. The van der Waals surface area contributed by atoms with Gasteiger partial charge in [-0.3, -0.25) is 9.78 Å². The van der Waals surface area contributed by atoms with Crippen LogP contribution in [0.25, 0.3) is 16.6 Å². The Morgan fingerprint density at radius 2 is 2.12 bits per heavy atom. The summed E-state index contributed by atoms with van der Waals surface area (Å²) in [6, 6.07) is 9.85. The van der Waals surface area contributed by atoms with Crippen LogP contribution in [0, 0.1) is 0 Å². The Morgan fingerprint density at radius 3 is 2.85 bits per heavy atom. The molecule has 0 spiro atoms. The van der Waals surface area contributed by atoms with Crippen LogP contribution in [-0.4, -0.2) is 38.9 Å². The van der Waals surface area contributed by atoms with E-state index in [-0.39, 0.29) is 11.8 Å². The molecule has 3 heterocycles. The Hall–Kier alpha value is -2.80. The highest BCUT2D eigenvalue weighted by molar-refractivity contribution is 5.90. The second kappa shape index (κ2) is 5.60. The van der Waals surface area contributed by atoms with E-state index in [4.69, 9.17) is 20.6 Å². The van der Waals surface area contributed by atoms with Gasteiger partial charge < -0.3 is 10.5 Å². The number of ether oxygens (including phenoxy) is 1. The summed E-state index contributed by atoms with van der Waals surface area (Å²) in [5.74, 6) is 1.16. The van der Waals surface area contributed by atoms with Crippen molar-refractivity contribution in [2.24, 2.45) is 5.73 Å². The number of aromatic nitrogens is 4. The minimum absolute atomic E-state index is 0.154. The third kappa shape index (κ3) is 2.24. The van der Waals surface area contributed by atoms with Gasteiger partial charge in [-0.25, -0.2) is 9.67 Å². The molecule has 1 saturated heterocycles. The molecule has 1 saturated carbocycles. The molecule has 1 aromatic carbocycles. The minimum Gasteiger partial charge on any atom is -0.381 e. The molecule has 1 amide bonds. The number of para-hydroxylation sites is 1. The molecule has 26 heavy (non-hydrogen) atoms. The van der Waals surface area contributed by atoms with E-state index in [9.17, 15) is 4.79 Å². The predicted molar refractivity (Wildman–Crippen MR) is 94.9 cm³/mol. The molecule has 0 bridgehead atoms. The molecule has 7 heteroatoms. The summed E-state index contributed by atoms with van der Waals surface area (Å²) in [6.07, 6.45) is 4.07. The smallest absolute Gasteiger partial charge is 0.231 e. The van der Waals surface area contributed by atoms with E-state index in [0.717, 1.165) is 28.8 Å². The molecule has 132 valence electrons. The molecule has 1 aliphatic carbocycles. The van der Waals surface area contributed by atoms with E-state index in [2.05, 4.69) is 4.98 Å². The molecule has 2 N–H and O–H groups in total. The van der Waals surface area contributed by atoms with Gasteiger partial charge in [-0.2, -0.15) is 5.10 Å². The van der Waals surface area contributed by atoms with Gasteiger partial charge in [0.1, 0.15) is 11.2 Å². The quantitative estimate of drug-likeness (QED) is 0.775. The van der Waals surface area contributed by atoms with Crippen LogP contribution in [0.2, 0.25) is 0 Å². The molecule has 7 nitrogen and oxygen atoms in total. The van der Waals surface area contributed by atoms with Crippen molar-refractivity contribution in [1.29, 1.82) is 0 Å². The number of fused-ring (bicyclic) bond motifs is 1. The average Bonchev–Trinajstić information content (AvgIpc) is 3.09. The Labute approximate surface area is 150 Å². The highest BCUT2D eigenvalue weighted by Crippen LogP contribution is 2.48. The van der Waals surface area contributed by atoms with Crippen molar-refractivity contribution in [2.75, 3.05) is 13.2 Å². The number of pyridine rings is 1. The number of amides is 1. The third-order valence-corrected chi connectivity index (χ3v) is 5.41. The van der Waals surface area contributed by atoms with Gasteiger partial charge >= 0.3 is 0 Å². The summed E-state index contributed by atoms with van der Waals surface area (Å²) in [5, 5.41) is 5.79. The van der Waals surface area contributed by atoms with Gasteiger partial charge in [0.15, 0.2) is 5.82 Å². The molecular weight excluding hydrogens is 330 g/mol. The van der Waals surface area contributed by atoms with Crippen LogP contribution in [0.3, 0.4) is 0 Å². The van der Waals surface area contributed by atoms with Crippen molar-refractivity contribution < 1.29 is 9.53 Å². The first-order valence-corrected chi connectivity index (χ1v) is 8.88. The van der Waals surface area contributed by atoms with E-state index >= 15 is 0 Å². The zero-order valence-electron chi connectivity index (χ0n) is 14.3. The zero-order chi connectivity index (χ0) is 17.7. The number of benzene rings is 1. The molecule has 1 aliphatic heterocycles. The first kappa shape index (κ1) is 15.5. The second-order valence-electron chi connectivity index (χ2n) is 7.06. The molecule has 2 fully saturated rings. The summed E-state index contributed by atoms with van der Waals surface area (Å²) >= 11 is 0. The number of carbonyl (C=O) groups excluding carboxylic acids is 1. The number of rotatable bonds is 4. The number of carbonyl (C=O) groups is 1. The van der Waals surface area contributed by atoms with Crippen LogP contribution in [0.15, 0.2) is 36.5 Å². The number of hydrogen-bond acceptors (Lipinski definition) is 5. The lowest BCUT2D eigenvalue weighted by Crippen LogP contribution is -2.31. The van der Waals surface area contributed by atoms with Crippen molar-refractivity contribution in [3.8, 4) is 5.69 Å². The van der Waals surface area contributed by atoms with Gasteiger partial charge in [-0.05, 0) is 31.4 Å². The van der Waals surface area contributed by atoms with Crippen LogP contribution >= 0.6 is 0 Å². The number of primary amides is 1. The Kier molecular flexibility index (Phi) is 3.33. The maximum atomic E-state index is 12.2. The van der Waals surface area contributed by atoms with Crippen molar-refractivity contribution in [3.05, 3.63) is 48.2 Å². The summed E-state index contributed by atoms with van der Waals surface area (Å²) in [6.45, 7) is 1.33. The Morgan fingerprint density at radius 1 is 1.27 bits per heavy atom. The fourth-order valence-electron chi connectivity index (χ4n) is 3.68. The molecule has 0 unspecified atom stereocenters. The molecular formula is C19H19N5O2. The van der Waals surface area contributed by atoms with E-state index in [1.165, 1.54) is 0 Å². The van der Waals surface area contributed by atoms with E-state index < -0.39 is 5.41 Å². The van der Waals surface area contributed by atoms with Crippen LogP contribution < -0.4 is 5.73 Å². The fourth-order valence-corrected chi connectivity index (χ4v) is 3.68. The summed E-state index contributed by atoms with van der Waals surface area (Å²) in [5.41, 5.74) is 6.66. The van der Waals surface area contributed by atoms with E-state index in [1.807, 2.05) is 30.3 Å².